The molecule has 0 spiro atoms. The Labute approximate surface area is 128 Å². The molecule has 1 saturated carbocycles. The van der Waals surface area contributed by atoms with Crippen molar-refractivity contribution in [1.29, 1.82) is 0 Å². The molecule has 1 aliphatic rings. The zero-order valence-electron chi connectivity index (χ0n) is 12.2. The van der Waals surface area contributed by atoms with Crippen LogP contribution < -0.4 is 10.3 Å². The maximum atomic E-state index is 11.7. The van der Waals surface area contributed by atoms with Gasteiger partial charge in [0.15, 0.2) is 0 Å². The number of aromatic nitrogens is 1. The molecule has 110 valence electrons. The summed E-state index contributed by atoms with van der Waals surface area (Å²) in [5.41, 5.74) is 3.15. The van der Waals surface area contributed by atoms with Crippen molar-refractivity contribution >= 4 is 10.9 Å². The predicted molar refractivity (Wildman–Crippen MR) is 87.3 cm³/mol. The summed E-state index contributed by atoms with van der Waals surface area (Å²) in [6.45, 7) is 0.496. The predicted octanol–water partition coefficient (Wildman–Crippen LogP) is 3.98. The minimum atomic E-state index is -0.0926. The molecule has 3 aromatic rings. The van der Waals surface area contributed by atoms with Gasteiger partial charge in [-0.05, 0) is 42.0 Å². The molecule has 3 heteroatoms. The highest BCUT2D eigenvalue weighted by molar-refractivity contribution is 5.88. The first-order valence-electron chi connectivity index (χ1n) is 7.64. The lowest BCUT2D eigenvalue weighted by Crippen LogP contribution is -2.05. The number of benzene rings is 2. The van der Waals surface area contributed by atoms with Gasteiger partial charge in [0.25, 0.3) is 0 Å². The van der Waals surface area contributed by atoms with Crippen molar-refractivity contribution in [3.05, 3.63) is 76.1 Å². The van der Waals surface area contributed by atoms with Crippen LogP contribution in [0.3, 0.4) is 0 Å². The zero-order valence-corrected chi connectivity index (χ0v) is 12.2. The molecule has 3 nitrogen and oxygen atoms in total. The van der Waals surface area contributed by atoms with E-state index in [1.165, 1.54) is 18.4 Å². The zero-order chi connectivity index (χ0) is 14.9. The molecule has 22 heavy (non-hydrogen) atoms. The SMILES string of the molecule is O=c1ccc2c(C3CC3)ccc(OCc3ccccc3)c2[nH]1. The molecular weight excluding hydrogens is 274 g/mol. The third-order valence-electron chi connectivity index (χ3n) is 4.14. The van der Waals surface area contributed by atoms with Crippen molar-refractivity contribution in [3.8, 4) is 5.75 Å². The van der Waals surface area contributed by atoms with Gasteiger partial charge in [-0.15, -0.1) is 0 Å². The lowest BCUT2D eigenvalue weighted by Gasteiger charge is -2.12. The minimum absolute atomic E-state index is 0.0926. The molecule has 0 aliphatic heterocycles. The van der Waals surface area contributed by atoms with Crippen LogP contribution >= 0.6 is 0 Å². The molecule has 0 radical (unpaired) electrons. The second-order valence-electron chi connectivity index (χ2n) is 5.81. The Morgan fingerprint density at radius 3 is 2.59 bits per heavy atom. The van der Waals surface area contributed by atoms with Gasteiger partial charge in [0, 0.05) is 11.5 Å². The van der Waals surface area contributed by atoms with Crippen LogP contribution in [0.4, 0.5) is 0 Å². The standard InChI is InChI=1S/C19H17NO2/c21-18-11-9-16-15(14-6-7-14)8-10-17(19(16)20-18)22-12-13-4-2-1-3-5-13/h1-5,8-11,14H,6-7,12H2,(H,20,21). The number of nitrogens with one attached hydrogen (secondary N) is 1. The van der Waals surface area contributed by atoms with Crippen LogP contribution in [-0.4, -0.2) is 4.98 Å². The quantitative estimate of drug-likeness (QED) is 0.790. The molecule has 0 saturated heterocycles. The third kappa shape index (κ3) is 2.50. The molecular formula is C19H17NO2. The van der Waals surface area contributed by atoms with Crippen molar-refractivity contribution in [2.45, 2.75) is 25.4 Å². The van der Waals surface area contributed by atoms with Gasteiger partial charge in [0.05, 0.1) is 5.52 Å². The lowest BCUT2D eigenvalue weighted by molar-refractivity contribution is 0.309. The Hall–Kier alpha value is -2.55. The maximum Gasteiger partial charge on any atom is 0.248 e. The molecule has 0 amide bonds. The van der Waals surface area contributed by atoms with Gasteiger partial charge in [-0.3, -0.25) is 4.79 Å². The van der Waals surface area contributed by atoms with Crippen LogP contribution in [0.2, 0.25) is 0 Å². The Morgan fingerprint density at radius 2 is 1.82 bits per heavy atom. The third-order valence-corrected chi connectivity index (χ3v) is 4.14. The van der Waals surface area contributed by atoms with E-state index in [9.17, 15) is 4.79 Å². The van der Waals surface area contributed by atoms with Gasteiger partial charge in [-0.25, -0.2) is 0 Å². The summed E-state index contributed by atoms with van der Waals surface area (Å²) in [7, 11) is 0. The summed E-state index contributed by atoms with van der Waals surface area (Å²) in [6, 6.07) is 17.7. The fourth-order valence-electron chi connectivity index (χ4n) is 2.85. The average Bonchev–Trinajstić information content (AvgIpc) is 3.38. The van der Waals surface area contributed by atoms with Gasteiger partial charge in [-0.1, -0.05) is 36.4 Å². The van der Waals surface area contributed by atoms with E-state index in [0.29, 0.717) is 12.5 Å². The summed E-state index contributed by atoms with van der Waals surface area (Å²) in [6.07, 6.45) is 2.47. The van der Waals surface area contributed by atoms with Crippen molar-refractivity contribution < 1.29 is 4.74 Å². The number of ether oxygens (including phenoxy) is 1. The first-order chi connectivity index (χ1) is 10.8. The van der Waals surface area contributed by atoms with E-state index in [1.54, 1.807) is 6.07 Å². The highest BCUT2D eigenvalue weighted by atomic mass is 16.5. The van der Waals surface area contributed by atoms with Gasteiger partial charge < -0.3 is 9.72 Å². The average molecular weight is 291 g/mol. The van der Waals surface area contributed by atoms with Crippen LogP contribution in [0.1, 0.15) is 29.9 Å². The number of pyridine rings is 1. The summed E-state index contributed by atoms with van der Waals surface area (Å²) >= 11 is 0. The van der Waals surface area contributed by atoms with Crippen LogP contribution in [0.25, 0.3) is 10.9 Å². The van der Waals surface area contributed by atoms with Crippen LogP contribution in [0, 0.1) is 0 Å². The Morgan fingerprint density at radius 1 is 1.00 bits per heavy atom. The fourth-order valence-corrected chi connectivity index (χ4v) is 2.85. The molecule has 0 bridgehead atoms. The monoisotopic (exact) mass is 291 g/mol. The Bertz CT molecular complexity index is 863. The van der Waals surface area contributed by atoms with E-state index in [0.717, 1.165) is 22.2 Å². The largest absolute Gasteiger partial charge is 0.487 e. The number of fused-ring (bicyclic) bond motifs is 1. The summed E-state index contributed by atoms with van der Waals surface area (Å²) in [4.78, 5) is 14.6. The van der Waals surface area contributed by atoms with E-state index in [2.05, 4.69) is 11.1 Å². The number of H-pyrrole nitrogens is 1. The second kappa shape index (κ2) is 5.34. The van der Waals surface area contributed by atoms with Crippen LogP contribution in [0.5, 0.6) is 5.75 Å². The van der Waals surface area contributed by atoms with Gasteiger partial charge in [0.1, 0.15) is 12.4 Å². The molecule has 1 aromatic heterocycles. The van der Waals surface area contributed by atoms with E-state index < -0.39 is 0 Å². The summed E-state index contributed by atoms with van der Waals surface area (Å²) in [5.74, 6) is 1.37. The first kappa shape index (κ1) is 13.1. The Balaban J connectivity index is 1.72. The molecule has 1 heterocycles. The molecule has 1 fully saturated rings. The van der Waals surface area contributed by atoms with E-state index in [-0.39, 0.29) is 5.56 Å². The smallest absolute Gasteiger partial charge is 0.248 e. The first-order valence-corrected chi connectivity index (χ1v) is 7.64. The lowest BCUT2D eigenvalue weighted by atomic mass is 10.0. The highest BCUT2D eigenvalue weighted by Crippen LogP contribution is 2.44. The minimum Gasteiger partial charge on any atom is -0.487 e. The Kier molecular flexibility index (Phi) is 3.19. The molecule has 0 unspecified atom stereocenters. The van der Waals surface area contributed by atoms with Crippen LogP contribution in [-0.2, 0) is 6.61 Å². The topological polar surface area (TPSA) is 42.1 Å². The van der Waals surface area contributed by atoms with E-state index >= 15 is 0 Å². The molecule has 1 aliphatic carbocycles. The summed E-state index contributed by atoms with van der Waals surface area (Å²) in [5, 5.41) is 1.10. The van der Waals surface area contributed by atoms with Gasteiger partial charge >= 0.3 is 0 Å². The number of rotatable bonds is 4. The number of hydrogen-bond donors (Lipinski definition) is 1. The van der Waals surface area contributed by atoms with Crippen LogP contribution in [0.15, 0.2) is 59.4 Å². The summed E-state index contributed by atoms with van der Waals surface area (Å²) < 4.78 is 5.95. The van der Waals surface area contributed by atoms with Crippen molar-refractivity contribution in [1.82, 2.24) is 4.98 Å². The highest BCUT2D eigenvalue weighted by Gasteiger charge is 2.26. The van der Waals surface area contributed by atoms with Gasteiger partial charge in [-0.2, -0.15) is 0 Å². The molecule has 1 N–H and O–H groups in total. The van der Waals surface area contributed by atoms with Gasteiger partial charge in [0.2, 0.25) is 5.56 Å². The number of hydrogen-bond acceptors (Lipinski definition) is 2. The number of aromatic amines is 1. The normalized spacial score (nSPS) is 14.2. The second-order valence-corrected chi connectivity index (χ2v) is 5.81. The van der Waals surface area contributed by atoms with E-state index in [1.807, 2.05) is 42.5 Å². The fraction of sp³-hybridized carbons (Fsp3) is 0.211. The molecule has 2 aromatic carbocycles. The molecule has 0 atom stereocenters. The maximum absolute atomic E-state index is 11.7. The van der Waals surface area contributed by atoms with E-state index in [4.69, 9.17) is 4.74 Å². The van der Waals surface area contributed by atoms with Crippen molar-refractivity contribution in [3.63, 3.8) is 0 Å². The molecule has 4 rings (SSSR count). The van der Waals surface area contributed by atoms with Crippen molar-refractivity contribution in [2.75, 3.05) is 0 Å². The van der Waals surface area contributed by atoms with Crippen molar-refractivity contribution in [2.24, 2.45) is 0 Å².